The van der Waals surface area contributed by atoms with Crippen LogP contribution in [0.2, 0.25) is 0 Å². The van der Waals surface area contributed by atoms with E-state index in [1.807, 2.05) is 0 Å². The Morgan fingerprint density at radius 1 is 1.30 bits per heavy atom. The fraction of sp³-hybridized carbons (Fsp3) is 0.462. The fourth-order valence-corrected chi connectivity index (χ4v) is 4.23. The molecule has 1 aliphatic heterocycles. The van der Waals surface area contributed by atoms with Crippen molar-refractivity contribution in [3.05, 3.63) is 30.1 Å². The van der Waals surface area contributed by atoms with Gasteiger partial charge >= 0.3 is 5.97 Å². The van der Waals surface area contributed by atoms with Gasteiger partial charge in [0.15, 0.2) is 0 Å². The van der Waals surface area contributed by atoms with Gasteiger partial charge in [-0.1, -0.05) is 0 Å². The van der Waals surface area contributed by atoms with Crippen molar-refractivity contribution < 1.29 is 22.7 Å². The molecule has 0 aliphatic carbocycles. The van der Waals surface area contributed by atoms with Gasteiger partial charge in [-0.05, 0) is 50.5 Å². The summed E-state index contributed by atoms with van der Waals surface area (Å²) in [6, 6.07) is 4.41. The number of hydrogen-bond acceptors (Lipinski definition) is 3. The first-order valence-electron chi connectivity index (χ1n) is 6.30. The van der Waals surface area contributed by atoms with Gasteiger partial charge in [-0.3, -0.25) is 4.79 Å². The third kappa shape index (κ3) is 2.43. The summed E-state index contributed by atoms with van der Waals surface area (Å²) >= 11 is 0. The molecule has 1 fully saturated rings. The first-order valence-corrected chi connectivity index (χ1v) is 7.74. The van der Waals surface area contributed by atoms with Gasteiger partial charge in [0.25, 0.3) is 0 Å². The van der Waals surface area contributed by atoms with Crippen LogP contribution in [0.4, 0.5) is 4.39 Å². The molecule has 0 aromatic heterocycles. The zero-order valence-corrected chi connectivity index (χ0v) is 11.9. The Labute approximate surface area is 117 Å². The molecule has 1 heterocycles. The Balaban J connectivity index is 2.46. The van der Waals surface area contributed by atoms with Gasteiger partial charge in [-0.25, -0.2) is 12.8 Å². The number of hydrogen-bond donors (Lipinski definition) is 1. The molecule has 5 nitrogen and oxygen atoms in total. The molecule has 1 aliphatic rings. The maximum absolute atomic E-state index is 12.9. The summed E-state index contributed by atoms with van der Waals surface area (Å²) in [5, 5.41) is 9.36. The van der Waals surface area contributed by atoms with E-state index in [9.17, 15) is 22.7 Å². The standard InChI is InChI=1S/C13H16FNO4S/c1-13(12(16)17)8-2-3-9-15(13)20(18,19)11-6-4-10(14)5-7-11/h4-7H,2-3,8-9H2,1H3,(H,16,17). The SMILES string of the molecule is CC1(C(=O)O)CCCCN1S(=O)(=O)c1ccc(F)cc1. The van der Waals surface area contributed by atoms with E-state index in [0.717, 1.165) is 28.6 Å². The number of piperidine rings is 1. The topological polar surface area (TPSA) is 74.7 Å². The summed E-state index contributed by atoms with van der Waals surface area (Å²) < 4.78 is 39.0. The van der Waals surface area contributed by atoms with E-state index < -0.39 is 27.3 Å². The number of carboxylic acids is 1. The molecular weight excluding hydrogens is 285 g/mol. The van der Waals surface area contributed by atoms with Crippen LogP contribution >= 0.6 is 0 Å². The lowest BCUT2D eigenvalue weighted by Crippen LogP contribution is -2.57. The van der Waals surface area contributed by atoms with E-state index in [1.54, 1.807) is 0 Å². The van der Waals surface area contributed by atoms with Crippen molar-refractivity contribution in [1.29, 1.82) is 0 Å². The predicted octanol–water partition coefficient (Wildman–Crippen LogP) is 1.84. The van der Waals surface area contributed by atoms with Crippen LogP contribution in [-0.2, 0) is 14.8 Å². The van der Waals surface area contributed by atoms with E-state index >= 15 is 0 Å². The first-order chi connectivity index (χ1) is 9.28. The van der Waals surface area contributed by atoms with Gasteiger partial charge in [0.2, 0.25) is 10.0 Å². The Hall–Kier alpha value is -1.47. The van der Waals surface area contributed by atoms with Crippen molar-refractivity contribution in [2.24, 2.45) is 0 Å². The van der Waals surface area contributed by atoms with E-state index in [0.29, 0.717) is 12.8 Å². The van der Waals surface area contributed by atoms with Crippen molar-refractivity contribution in [1.82, 2.24) is 4.31 Å². The van der Waals surface area contributed by atoms with Crippen LogP contribution < -0.4 is 0 Å². The zero-order chi connectivity index (χ0) is 15.0. The average molecular weight is 301 g/mol. The molecular formula is C13H16FNO4S. The van der Waals surface area contributed by atoms with E-state index in [2.05, 4.69) is 0 Å². The number of carboxylic acid groups (broad SMARTS) is 1. The highest BCUT2D eigenvalue weighted by atomic mass is 32.2. The van der Waals surface area contributed by atoms with E-state index in [-0.39, 0.29) is 17.9 Å². The smallest absolute Gasteiger partial charge is 0.324 e. The lowest BCUT2D eigenvalue weighted by atomic mass is 9.91. The normalized spacial score (nSPS) is 24.5. The summed E-state index contributed by atoms with van der Waals surface area (Å²) in [6.45, 7) is 1.57. The van der Waals surface area contributed by atoms with Gasteiger partial charge < -0.3 is 5.11 Å². The minimum absolute atomic E-state index is 0.0896. The molecule has 1 unspecified atom stereocenters. The van der Waals surface area contributed by atoms with Crippen molar-refractivity contribution in [2.75, 3.05) is 6.54 Å². The van der Waals surface area contributed by atoms with Crippen LogP contribution in [0.15, 0.2) is 29.2 Å². The second kappa shape index (κ2) is 5.14. The molecule has 1 saturated heterocycles. The molecule has 110 valence electrons. The zero-order valence-electron chi connectivity index (χ0n) is 11.0. The summed E-state index contributed by atoms with van der Waals surface area (Å²) in [7, 11) is -3.95. The lowest BCUT2D eigenvalue weighted by Gasteiger charge is -2.40. The van der Waals surface area contributed by atoms with Crippen LogP contribution in [0.1, 0.15) is 26.2 Å². The maximum Gasteiger partial charge on any atom is 0.324 e. The van der Waals surface area contributed by atoms with Gasteiger partial charge in [-0.15, -0.1) is 0 Å². The Kier molecular flexibility index (Phi) is 3.84. The first kappa shape index (κ1) is 14.9. The number of carbonyl (C=O) groups is 1. The summed E-state index contributed by atoms with van der Waals surface area (Å²) in [6.07, 6.45) is 1.55. The number of aliphatic carboxylic acids is 1. The minimum Gasteiger partial charge on any atom is -0.480 e. The summed E-state index contributed by atoms with van der Waals surface area (Å²) in [4.78, 5) is 11.4. The maximum atomic E-state index is 12.9. The molecule has 1 aromatic carbocycles. The molecule has 0 radical (unpaired) electrons. The number of nitrogens with zero attached hydrogens (tertiary/aromatic N) is 1. The van der Waals surface area contributed by atoms with Crippen molar-refractivity contribution >= 4 is 16.0 Å². The van der Waals surface area contributed by atoms with Gasteiger partial charge in [0.1, 0.15) is 11.4 Å². The minimum atomic E-state index is -3.95. The molecule has 7 heteroatoms. The number of sulfonamides is 1. The molecule has 1 aromatic rings. The van der Waals surface area contributed by atoms with Gasteiger partial charge in [-0.2, -0.15) is 4.31 Å². The highest BCUT2D eigenvalue weighted by Crippen LogP contribution is 2.33. The quantitative estimate of drug-likeness (QED) is 0.924. The summed E-state index contributed by atoms with van der Waals surface area (Å²) in [5.41, 5.74) is -1.45. The van der Waals surface area contributed by atoms with Crippen LogP contribution in [0.3, 0.4) is 0 Å². The molecule has 0 saturated carbocycles. The van der Waals surface area contributed by atoms with Crippen LogP contribution in [0.25, 0.3) is 0 Å². The number of rotatable bonds is 3. The van der Waals surface area contributed by atoms with Crippen LogP contribution in [-0.4, -0.2) is 35.9 Å². The lowest BCUT2D eigenvalue weighted by molar-refractivity contribution is -0.149. The van der Waals surface area contributed by atoms with E-state index in [4.69, 9.17) is 0 Å². The van der Waals surface area contributed by atoms with Crippen LogP contribution in [0.5, 0.6) is 0 Å². The number of benzene rings is 1. The largest absolute Gasteiger partial charge is 0.480 e. The average Bonchev–Trinajstić information content (AvgIpc) is 2.39. The number of halogens is 1. The second-order valence-electron chi connectivity index (χ2n) is 5.07. The molecule has 20 heavy (non-hydrogen) atoms. The Morgan fingerprint density at radius 2 is 1.90 bits per heavy atom. The second-order valence-corrected chi connectivity index (χ2v) is 6.93. The monoisotopic (exact) mass is 301 g/mol. The van der Waals surface area contributed by atoms with Crippen molar-refractivity contribution in [3.63, 3.8) is 0 Å². The van der Waals surface area contributed by atoms with Crippen molar-refractivity contribution in [3.8, 4) is 0 Å². The molecule has 0 spiro atoms. The summed E-state index contributed by atoms with van der Waals surface area (Å²) in [5.74, 6) is -1.70. The van der Waals surface area contributed by atoms with Gasteiger partial charge in [0, 0.05) is 6.54 Å². The van der Waals surface area contributed by atoms with E-state index in [1.165, 1.54) is 6.92 Å². The Morgan fingerprint density at radius 3 is 2.45 bits per heavy atom. The van der Waals surface area contributed by atoms with Gasteiger partial charge in [0.05, 0.1) is 4.90 Å². The van der Waals surface area contributed by atoms with Crippen LogP contribution in [0, 0.1) is 5.82 Å². The molecule has 0 bridgehead atoms. The third-order valence-electron chi connectivity index (χ3n) is 3.69. The third-order valence-corrected chi connectivity index (χ3v) is 5.72. The molecule has 2 rings (SSSR count). The predicted molar refractivity (Wildman–Crippen MR) is 70.2 cm³/mol. The molecule has 1 N–H and O–H groups in total. The molecule has 0 amide bonds. The van der Waals surface area contributed by atoms with Crippen molar-refractivity contribution in [2.45, 2.75) is 36.6 Å². The highest BCUT2D eigenvalue weighted by Gasteiger charge is 2.47. The fourth-order valence-electron chi connectivity index (χ4n) is 2.43. The Bertz CT molecular complexity index is 614. The highest BCUT2D eigenvalue weighted by molar-refractivity contribution is 7.89. The molecule has 1 atom stereocenters.